The van der Waals surface area contributed by atoms with Crippen LogP contribution in [0.1, 0.15) is 44.4 Å². The van der Waals surface area contributed by atoms with Gasteiger partial charge in [0.1, 0.15) is 0 Å². The zero-order valence-electron chi connectivity index (χ0n) is 15.3. The fourth-order valence-corrected chi connectivity index (χ4v) is 3.61. The van der Waals surface area contributed by atoms with E-state index in [9.17, 15) is 0 Å². The van der Waals surface area contributed by atoms with Crippen LogP contribution in [0.2, 0.25) is 0 Å². The lowest BCUT2D eigenvalue weighted by molar-refractivity contribution is 0.00578. The summed E-state index contributed by atoms with van der Waals surface area (Å²) in [5, 5.41) is 0. The van der Waals surface area contributed by atoms with E-state index in [0.717, 1.165) is 16.6 Å². The molecule has 0 bridgehead atoms. The van der Waals surface area contributed by atoms with E-state index in [1.54, 1.807) is 0 Å². The van der Waals surface area contributed by atoms with Crippen LogP contribution in [0.4, 0.5) is 0 Å². The normalized spacial score (nSPS) is 19.7. The molecular weight excluding hydrogens is 307 g/mol. The van der Waals surface area contributed by atoms with Crippen molar-refractivity contribution in [2.45, 2.75) is 38.9 Å². The van der Waals surface area contributed by atoms with E-state index in [2.05, 4.69) is 77.3 Å². The summed E-state index contributed by atoms with van der Waals surface area (Å²) in [4.78, 5) is 0. The molecule has 0 radical (unpaired) electrons. The second kappa shape index (κ2) is 5.20. The summed E-state index contributed by atoms with van der Waals surface area (Å²) < 4.78 is 12.4. The minimum atomic E-state index is -0.352. The smallest absolute Gasteiger partial charge is 0.399 e. The van der Waals surface area contributed by atoms with Gasteiger partial charge in [0.2, 0.25) is 0 Å². The summed E-state index contributed by atoms with van der Waals surface area (Å²) in [6, 6.07) is 12.7. The summed E-state index contributed by atoms with van der Waals surface area (Å²) >= 11 is 0. The molecule has 3 heteroatoms. The van der Waals surface area contributed by atoms with Crippen molar-refractivity contribution in [1.82, 2.24) is 0 Å². The predicted molar refractivity (Wildman–Crippen MR) is 106 cm³/mol. The van der Waals surface area contributed by atoms with Crippen LogP contribution in [0.25, 0.3) is 22.8 Å². The average Bonchev–Trinajstić information content (AvgIpc) is 2.98. The minimum Gasteiger partial charge on any atom is -0.399 e. The summed E-state index contributed by atoms with van der Waals surface area (Å²) in [6.07, 6.45) is 1.89. The van der Waals surface area contributed by atoms with E-state index < -0.39 is 0 Å². The minimum absolute atomic E-state index is 0.339. The Kier molecular flexibility index (Phi) is 3.41. The number of rotatable bonds is 2. The highest BCUT2D eigenvalue weighted by Gasteiger charge is 2.51. The summed E-state index contributed by atoms with van der Waals surface area (Å²) in [6.45, 7) is 16.6. The van der Waals surface area contributed by atoms with Gasteiger partial charge in [-0.25, -0.2) is 0 Å². The molecule has 0 unspecified atom stereocenters. The van der Waals surface area contributed by atoms with Crippen molar-refractivity contribution in [2.75, 3.05) is 0 Å². The second-order valence-electron chi connectivity index (χ2n) is 7.85. The van der Waals surface area contributed by atoms with Crippen LogP contribution in [0, 0.1) is 0 Å². The van der Waals surface area contributed by atoms with Crippen molar-refractivity contribution in [1.29, 1.82) is 0 Å². The quantitative estimate of drug-likeness (QED) is 0.636. The number of benzene rings is 2. The first-order chi connectivity index (χ1) is 11.7. The molecule has 2 nitrogen and oxygen atoms in total. The SMILES string of the molecule is C=Cc1cccc2c1C(=C)c1ccc(B3OC(C)(C)C(C)(C)O3)cc1-2. The van der Waals surface area contributed by atoms with E-state index >= 15 is 0 Å². The van der Waals surface area contributed by atoms with Gasteiger partial charge in [-0.05, 0) is 66.5 Å². The van der Waals surface area contributed by atoms with Gasteiger partial charge >= 0.3 is 7.12 Å². The van der Waals surface area contributed by atoms with Crippen molar-refractivity contribution in [3.8, 4) is 11.1 Å². The summed E-state index contributed by atoms with van der Waals surface area (Å²) in [5.41, 5.74) is 7.29. The maximum Gasteiger partial charge on any atom is 0.494 e. The molecule has 2 aliphatic rings. The molecule has 1 aliphatic heterocycles. The molecule has 4 rings (SSSR count). The van der Waals surface area contributed by atoms with Gasteiger partial charge in [0.05, 0.1) is 11.2 Å². The van der Waals surface area contributed by atoms with Crippen LogP contribution in [-0.2, 0) is 9.31 Å². The number of hydrogen-bond acceptors (Lipinski definition) is 2. The fraction of sp³-hybridized carbons (Fsp3) is 0.273. The van der Waals surface area contributed by atoms with Crippen LogP contribution in [-0.4, -0.2) is 18.3 Å². The lowest BCUT2D eigenvalue weighted by atomic mass is 9.77. The molecule has 0 amide bonds. The van der Waals surface area contributed by atoms with Gasteiger partial charge < -0.3 is 9.31 Å². The maximum absolute atomic E-state index is 6.21. The van der Waals surface area contributed by atoms with Gasteiger partial charge in [0.25, 0.3) is 0 Å². The van der Waals surface area contributed by atoms with Crippen LogP contribution in [0.5, 0.6) is 0 Å². The Balaban J connectivity index is 1.80. The molecule has 126 valence electrons. The summed E-state index contributed by atoms with van der Waals surface area (Å²) in [7, 11) is -0.352. The lowest BCUT2D eigenvalue weighted by Gasteiger charge is -2.32. The van der Waals surface area contributed by atoms with Crippen molar-refractivity contribution in [3.05, 3.63) is 66.2 Å². The van der Waals surface area contributed by atoms with Gasteiger partial charge in [0, 0.05) is 0 Å². The van der Waals surface area contributed by atoms with E-state index in [1.165, 1.54) is 22.3 Å². The Labute approximate surface area is 150 Å². The van der Waals surface area contributed by atoms with E-state index in [1.807, 2.05) is 6.08 Å². The van der Waals surface area contributed by atoms with Crippen LogP contribution in [0.15, 0.2) is 49.6 Å². The molecule has 0 N–H and O–H groups in total. The largest absolute Gasteiger partial charge is 0.494 e. The zero-order chi connectivity index (χ0) is 18.0. The van der Waals surface area contributed by atoms with Gasteiger partial charge in [-0.3, -0.25) is 0 Å². The Morgan fingerprint density at radius 2 is 1.60 bits per heavy atom. The Bertz CT molecular complexity index is 892. The van der Waals surface area contributed by atoms with E-state index in [4.69, 9.17) is 9.31 Å². The van der Waals surface area contributed by atoms with E-state index in [-0.39, 0.29) is 18.3 Å². The Hall–Kier alpha value is -2.10. The van der Waals surface area contributed by atoms with Crippen LogP contribution < -0.4 is 5.46 Å². The predicted octanol–water partition coefficient (Wildman–Crippen LogP) is 4.67. The average molecular weight is 330 g/mol. The van der Waals surface area contributed by atoms with Gasteiger partial charge in [0.15, 0.2) is 0 Å². The number of hydrogen-bond donors (Lipinski definition) is 0. The Morgan fingerprint density at radius 3 is 2.24 bits per heavy atom. The molecule has 1 saturated heterocycles. The first kappa shape index (κ1) is 16.4. The Morgan fingerprint density at radius 1 is 0.920 bits per heavy atom. The molecule has 0 spiro atoms. The molecule has 1 heterocycles. The lowest BCUT2D eigenvalue weighted by Crippen LogP contribution is -2.41. The maximum atomic E-state index is 6.21. The molecular formula is C22H23BO2. The number of fused-ring (bicyclic) bond motifs is 3. The van der Waals surface area contributed by atoms with Crippen molar-refractivity contribution < 1.29 is 9.31 Å². The third kappa shape index (κ3) is 2.26. The molecule has 0 aromatic heterocycles. The monoisotopic (exact) mass is 330 g/mol. The van der Waals surface area contributed by atoms with E-state index in [0.29, 0.717) is 0 Å². The highest BCUT2D eigenvalue weighted by atomic mass is 16.7. The summed E-state index contributed by atoms with van der Waals surface area (Å²) in [5.74, 6) is 0. The molecule has 1 aliphatic carbocycles. The standard InChI is InChI=1S/C22H23BO2/c1-7-15-9-8-10-18-19-13-16(11-12-17(19)14(2)20(15)18)23-24-21(3,4)22(5,6)25-23/h7-13H,1-2H2,3-6H3. The van der Waals surface area contributed by atoms with Gasteiger partial charge in [-0.15, -0.1) is 0 Å². The van der Waals surface area contributed by atoms with Gasteiger partial charge in [-0.2, -0.15) is 0 Å². The third-order valence-corrected chi connectivity index (χ3v) is 5.80. The zero-order valence-corrected chi connectivity index (χ0v) is 15.3. The first-order valence-electron chi connectivity index (χ1n) is 8.70. The van der Waals surface area contributed by atoms with Crippen molar-refractivity contribution in [2.24, 2.45) is 0 Å². The van der Waals surface area contributed by atoms with Crippen molar-refractivity contribution in [3.63, 3.8) is 0 Å². The highest BCUT2D eigenvalue weighted by Crippen LogP contribution is 2.45. The molecule has 0 saturated carbocycles. The topological polar surface area (TPSA) is 18.5 Å². The molecule has 2 aromatic carbocycles. The van der Waals surface area contributed by atoms with Crippen LogP contribution in [0.3, 0.4) is 0 Å². The third-order valence-electron chi connectivity index (χ3n) is 5.80. The van der Waals surface area contributed by atoms with Crippen LogP contribution >= 0.6 is 0 Å². The van der Waals surface area contributed by atoms with Gasteiger partial charge in [-0.1, -0.05) is 55.6 Å². The molecule has 2 aromatic rings. The second-order valence-corrected chi connectivity index (χ2v) is 7.85. The first-order valence-corrected chi connectivity index (χ1v) is 8.70. The molecule has 0 atom stereocenters. The highest BCUT2D eigenvalue weighted by molar-refractivity contribution is 6.62. The molecule has 1 fully saturated rings. The molecule has 25 heavy (non-hydrogen) atoms. The fourth-order valence-electron chi connectivity index (χ4n) is 3.61. The van der Waals surface area contributed by atoms with Crippen molar-refractivity contribution >= 4 is 24.2 Å².